The second-order valence-electron chi connectivity index (χ2n) is 3.59. The SMILES string of the molecule is Cc1ccc(O)c(C(C)C)c1C. The molecule has 1 heteroatoms. The van der Waals surface area contributed by atoms with E-state index < -0.39 is 0 Å². The summed E-state index contributed by atoms with van der Waals surface area (Å²) < 4.78 is 0. The molecule has 0 aliphatic heterocycles. The van der Waals surface area contributed by atoms with Gasteiger partial charge in [-0.1, -0.05) is 19.9 Å². The molecule has 0 aromatic heterocycles. The van der Waals surface area contributed by atoms with E-state index in [-0.39, 0.29) is 0 Å². The molecule has 0 radical (unpaired) electrons. The molecular weight excluding hydrogens is 148 g/mol. The molecule has 0 saturated carbocycles. The Morgan fingerprint density at radius 3 is 2.17 bits per heavy atom. The molecule has 0 aliphatic rings. The summed E-state index contributed by atoms with van der Waals surface area (Å²) in [7, 11) is 0. The van der Waals surface area contributed by atoms with Crippen molar-refractivity contribution in [3.63, 3.8) is 0 Å². The fourth-order valence-corrected chi connectivity index (χ4v) is 1.55. The Bertz CT molecular complexity index is 287. The molecule has 0 fully saturated rings. The lowest BCUT2D eigenvalue weighted by molar-refractivity contribution is 0.464. The highest BCUT2D eigenvalue weighted by Gasteiger charge is 2.09. The van der Waals surface area contributed by atoms with E-state index >= 15 is 0 Å². The lowest BCUT2D eigenvalue weighted by atomic mass is 9.94. The number of aryl methyl sites for hydroxylation is 1. The molecule has 0 amide bonds. The highest BCUT2D eigenvalue weighted by Crippen LogP contribution is 2.30. The minimum atomic E-state index is 0.393. The Kier molecular flexibility index (Phi) is 2.41. The van der Waals surface area contributed by atoms with E-state index in [9.17, 15) is 5.11 Å². The first-order valence-corrected chi connectivity index (χ1v) is 4.33. The second-order valence-corrected chi connectivity index (χ2v) is 3.59. The van der Waals surface area contributed by atoms with Crippen LogP contribution in [0, 0.1) is 13.8 Å². The lowest BCUT2D eigenvalue weighted by Gasteiger charge is -2.13. The number of hydrogen-bond donors (Lipinski definition) is 1. The lowest BCUT2D eigenvalue weighted by Crippen LogP contribution is -1.94. The number of phenolic OH excluding ortho intramolecular Hbond substituents is 1. The third-order valence-corrected chi connectivity index (χ3v) is 2.34. The zero-order valence-electron chi connectivity index (χ0n) is 8.18. The molecule has 1 aromatic carbocycles. The van der Waals surface area contributed by atoms with Gasteiger partial charge in [-0.15, -0.1) is 0 Å². The fraction of sp³-hybridized carbons (Fsp3) is 0.455. The summed E-state index contributed by atoms with van der Waals surface area (Å²) in [4.78, 5) is 0. The van der Waals surface area contributed by atoms with Crippen LogP contribution in [-0.2, 0) is 0 Å². The summed E-state index contributed by atoms with van der Waals surface area (Å²) in [5.41, 5.74) is 3.54. The molecular formula is C11H16O. The van der Waals surface area contributed by atoms with Gasteiger partial charge in [-0.3, -0.25) is 0 Å². The first-order valence-electron chi connectivity index (χ1n) is 4.33. The van der Waals surface area contributed by atoms with Gasteiger partial charge >= 0.3 is 0 Å². The highest BCUT2D eigenvalue weighted by molar-refractivity contribution is 5.44. The monoisotopic (exact) mass is 164 g/mol. The molecule has 12 heavy (non-hydrogen) atoms. The normalized spacial score (nSPS) is 10.8. The minimum Gasteiger partial charge on any atom is -0.508 e. The number of hydrogen-bond acceptors (Lipinski definition) is 1. The van der Waals surface area contributed by atoms with E-state index in [4.69, 9.17) is 0 Å². The van der Waals surface area contributed by atoms with Crippen LogP contribution in [0.1, 0.15) is 36.5 Å². The van der Waals surface area contributed by atoms with Crippen molar-refractivity contribution in [1.82, 2.24) is 0 Å². The van der Waals surface area contributed by atoms with Crippen molar-refractivity contribution in [2.24, 2.45) is 0 Å². The van der Waals surface area contributed by atoms with Crippen molar-refractivity contribution < 1.29 is 5.11 Å². The van der Waals surface area contributed by atoms with E-state index in [1.54, 1.807) is 6.07 Å². The van der Waals surface area contributed by atoms with Crippen molar-refractivity contribution in [3.8, 4) is 5.75 Å². The third-order valence-electron chi connectivity index (χ3n) is 2.34. The van der Waals surface area contributed by atoms with Crippen molar-refractivity contribution >= 4 is 0 Å². The van der Waals surface area contributed by atoms with Crippen molar-refractivity contribution in [1.29, 1.82) is 0 Å². The van der Waals surface area contributed by atoms with E-state index in [1.807, 2.05) is 6.07 Å². The Morgan fingerprint density at radius 1 is 1.17 bits per heavy atom. The minimum absolute atomic E-state index is 0.393. The molecule has 0 aliphatic carbocycles. The molecule has 1 N–H and O–H groups in total. The first kappa shape index (κ1) is 9.11. The van der Waals surface area contributed by atoms with Crippen LogP contribution in [0.2, 0.25) is 0 Å². The molecule has 0 spiro atoms. The van der Waals surface area contributed by atoms with Gasteiger partial charge in [-0.25, -0.2) is 0 Å². The second kappa shape index (κ2) is 3.18. The van der Waals surface area contributed by atoms with Gasteiger partial charge in [-0.05, 0) is 42.5 Å². The summed E-state index contributed by atoms with van der Waals surface area (Å²) in [6.07, 6.45) is 0. The molecule has 0 heterocycles. The Hall–Kier alpha value is -0.980. The zero-order chi connectivity index (χ0) is 9.30. The molecule has 0 bridgehead atoms. The van der Waals surface area contributed by atoms with Gasteiger partial charge in [0.25, 0.3) is 0 Å². The quantitative estimate of drug-likeness (QED) is 0.676. The van der Waals surface area contributed by atoms with Crippen LogP contribution in [-0.4, -0.2) is 5.11 Å². The van der Waals surface area contributed by atoms with Gasteiger partial charge in [0, 0.05) is 0 Å². The van der Waals surface area contributed by atoms with Gasteiger partial charge in [0.1, 0.15) is 5.75 Å². The molecule has 1 rings (SSSR count). The summed E-state index contributed by atoms with van der Waals surface area (Å²) >= 11 is 0. The summed E-state index contributed by atoms with van der Waals surface area (Å²) in [6, 6.07) is 3.73. The van der Waals surface area contributed by atoms with Crippen LogP contribution in [0.3, 0.4) is 0 Å². The van der Waals surface area contributed by atoms with Gasteiger partial charge in [0.15, 0.2) is 0 Å². The van der Waals surface area contributed by atoms with Crippen LogP contribution in [0.4, 0.5) is 0 Å². The molecule has 1 aromatic rings. The number of aromatic hydroxyl groups is 1. The average Bonchev–Trinajstić information content (AvgIpc) is 1.97. The predicted molar refractivity (Wildman–Crippen MR) is 51.7 cm³/mol. The van der Waals surface area contributed by atoms with E-state index in [1.165, 1.54) is 11.1 Å². The summed E-state index contributed by atoms with van der Waals surface area (Å²) in [6.45, 7) is 8.33. The van der Waals surface area contributed by atoms with Crippen LogP contribution in [0.15, 0.2) is 12.1 Å². The molecule has 1 nitrogen and oxygen atoms in total. The largest absolute Gasteiger partial charge is 0.508 e. The number of rotatable bonds is 1. The van der Waals surface area contributed by atoms with E-state index in [0.29, 0.717) is 11.7 Å². The Balaban J connectivity index is 3.33. The maximum Gasteiger partial charge on any atom is 0.119 e. The Labute approximate surface area is 74.1 Å². The average molecular weight is 164 g/mol. The summed E-state index contributed by atoms with van der Waals surface area (Å²) in [5.74, 6) is 0.818. The van der Waals surface area contributed by atoms with Crippen LogP contribution >= 0.6 is 0 Å². The number of benzene rings is 1. The number of phenols is 1. The van der Waals surface area contributed by atoms with Crippen LogP contribution < -0.4 is 0 Å². The highest BCUT2D eigenvalue weighted by atomic mass is 16.3. The van der Waals surface area contributed by atoms with Crippen molar-refractivity contribution in [2.45, 2.75) is 33.6 Å². The zero-order valence-corrected chi connectivity index (χ0v) is 8.18. The summed E-state index contributed by atoms with van der Waals surface area (Å²) in [5, 5.41) is 9.59. The van der Waals surface area contributed by atoms with Gasteiger partial charge in [0.05, 0.1) is 0 Å². The standard InChI is InChI=1S/C11H16O/c1-7(2)11-9(4)8(3)5-6-10(11)12/h5-7,12H,1-4H3. The first-order chi connectivity index (χ1) is 5.54. The van der Waals surface area contributed by atoms with Crippen LogP contribution in [0.25, 0.3) is 0 Å². The van der Waals surface area contributed by atoms with Crippen LogP contribution in [0.5, 0.6) is 5.75 Å². The molecule has 0 atom stereocenters. The topological polar surface area (TPSA) is 20.2 Å². The van der Waals surface area contributed by atoms with Crippen molar-refractivity contribution in [2.75, 3.05) is 0 Å². The molecule has 0 saturated heterocycles. The van der Waals surface area contributed by atoms with Gasteiger partial charge in [-0.2, -0.15) is 0 Å². The van der Waals surface area contributed by atoms with Gasteiger partial charge in [0.2, 0.25) is 0 Å². The molecule has 0 unspecified atom stereocenters. The smallest absolute Gasteiger partial charge is 0.119 e. The third kappa shape index (κ3) is 1.45. The maximum absolute atomic E-state index is 9.59. The van der Waals surface area contributed by atoms with Crippen molar-refractivity contribution in [3.05, 3.63) is 28.8 Å². The Morgan fingerprint density at radius 2 is 1.75 bits per heavy atom. The fourth-order valence-electron chi connectivity index (χ4n) is 1.55. The van der Waals surface area contributed by atoms with E-state index in [0.717, 1.165) is 5.56 Å². The van der Waals surface area contributed by atoms with Gasteiger partial charge < -0.3 is 5.11 Å². The predicted octanol–water partition coefficient (Wildman–Crippen LogP) is 3.13. The maximum atomic E-state index is 9.59. The molecule has 66 valence electrons. The van der Waals surface area contributed by atoms with E-state index in [2.05, 4.69) is 27.7 Å².